The van der Waals surface area contributed by atoms with Gasteiger partial charge in [0.25, 0.3) is 0 Å². The van der Waals surface area contributed by atoms with Crippen LogP contribution in [0.4, 0.5) is 13.6 Å². The van der Waals surface area contributed by atoms with Crippen molar-refractivity contribution in [2.24, 2.45) is 5.92 Å². The van der Waals surface area contributed by atoms with Crippen LogP contribution in [0, 0.1) is 17.6 Å². The van der Waals surface area contributed by atoms with E-state index < -0.39 is 17.7 Å². The molecule has 1 atom stereocenters. The number of hydrogen-bond acceptors (Lipinski definition) is 2. The smallest absolute Gasteiger partial charge is 0.317 e. The number of nitrogens with one attached hydrogen (secondary N) is 1. The number of halogens is 2. The molecule has 1 aliphatic carbocycles. The lowest BCUT2D eigenvalue weighted by molar-refractivity contribution is 0.132. The van der Waals surface area contributed by atoms with Crippen LogP contribution < -0.4 is 5.32 Å². The molecule has 1 aromatic rings. The van der Waals surface area contributed by atoms with E-state index in [0.29, 0.717) is 12.3 Å². The molecule has 134 valence electrons. The average molecular weight is 340 g/mol. The van der Waals surface area contributed by atoms with Crippen LogP contribution in [0.3, 0.4) is 0 Å². The second kappa shape index (κ2) is 8.42. The Kier molecular flexibility index (Phi) is 6.54. The minimum Gasteiger partial charge on any atom is -0.396 e. The summed E-state index contributed by atoms with van der Waals surface area (Å²) in [5, 5.41) is 12.0. The molecule has 4 nitrogen and oxygen atoms in total. The monoisotopic (exact) mass is 340 g/mol. The van der Waals surface area contributed by atoms with Crippen LogP contribution >= 0.6 is 0 Å². The highest BCUT2D eigenvalue weighted by Crippen LogP contribution is 2.27. The molecule has 0 spiro atoms. The van der Waals surface area contributed by atoms with Gasteiger partial charge in [-0.15, -0.1) is 0 Å². The maximum Gasteiger partial charge on any atom is 0.317 e. The summed E-state index contributed by atoms with van der Waals surface area (Å²) in [5.74, 6) is -0.716. The number of aliphatic hydroxyl groups excluding tert-OH is 1. The van der Waals surface area contributed by atoms with Gasteiger partial charge in [-0.25, -0.2) is 13.6 Å². The molecule has 24 heavy (non-hydrogen) atoms. The predicted octanol–water partition coefficient (Wildman–Crippen LogP) is 3.61. The number of amides is 2. The summed E-state index contributed by atoms with van der Waals surface area (Å²) in [6.07, 6.45) is 3.96. The molecule has 0 bridgehead atoms. The highest BCUT2D eigenvalue weighted by molar-refractivity contribution is 5.74. The Morgan fingerprint density at radius 2 is 2.00 bits per heavy atom. The van der Waals surface area contributed by atoms with Crippen molar-refractivity contribution >= 4 is 6.03 Å². The molecule has 6 heteroatoms. The molecule has 2 N–H and O–H groups in total. The van der Waals surface area contributed by atoms with Gasteiger partial charge in [0.05, 0.1) is 6.04 Å². The summed E-state index contributed by atoms with van der Waals surface area (Å²) in [4.78, 5) is 14.1. The van der Waals surface area contributed by atoms with Crippen molar-refractivity contribution in [1.29, 1.82) is 0 Å². The van der Waals surface area contributed by atoms with Gasteiger partial charge in [0, 0.05) is 25.3 Å². The molecule has 0 aliphatic heterocycles. The second-order valence-electron chi connectivity index (χ2n) is 6.54. The zero-order valence-electron chi connectivity index (χ0n) is 14.3. The van der Waals surface area contributed by atoms with Crippen molar-refractivity contribution in [3.05, 3.63) is 35.4 Å². The topological polar surface area (TPSA) is 52.6 Å². The number of nitrogens with zero attached hydrogens (tertiary/aromatic N) is 1. The second-order valence-corrected chi connectivity index (χ2v) is 6.54. The first kappa shape index (κ1) is 18.6. The summed E-state index contributed by atoms with van der Waals surface area (Å²) in [6, 6.07) is 2.55. The van der Waals surface area contributed by atoms with E-state index in [1.165, 1.54) is 0 Å². The van der Waals surface area contributed by atoms with Crippen molar-refractivity contribution in [3.63, 3.8) is 0 Å². The molecule has 1 fully saturated rings. The number of carbonyl (C=O) groups excluding carboxylic acids is 1. The van der Waals surface area contributed by atoms with Gasteiger partial charge in [-0.3, -0.25) is 0 Å². The van der Waals surface area contributed by atoms with Crippen LogP contribution in [-0.2, 0) is 0 Å². The van der Waals surface area contributed by atoms with Gasteiger partial charge in [-0.1, -0.05) is 6.92 Å². The van der Waals surface area contributed by atoms with E-state index in [9.17, 15) is 18.7 Å². The molecule has 0 aromatic heterocycles. The van der Waals surface area contributed by atoms with Gasteiger partial charge >= 0.3 is 6.03 Å². The van der Waals surface area contributed by atoms with Crippen LogP contribution in [0.5, 0.6) is 0 Å². The number of urea groups is 1. The van der Waals surface area contributed by atoms with E-state index in [1.807, 2.05) is 6.92 Å². The molecule has 1 aliphatic rings. The van der Waals surface area contributed by atoms with Gasteiger partial charge < -0.3 is 15.3 Å². The molecule has 2 amide bonds. The third-order valence-corrected chi connectivity index (χ3v) is 4.98. The first-order valence-electron chi connectivity index (χ1n) is 8.55. The largest absolute Gasteiger partial charge is 0.396 e. The fourth-order valence-electron chi connectivity index (χ4n) is 3.31. The van der Waals surface area contributed by atoms with Crippen LogP contribution in [0.1, 0.15) is 50.6 Å². The molecule has 0 heterocycles. The summed E-state index contributed by atoms with van der Waals surface area (Å²) < 4.78 is 27.3. The fourth-order valence-corrected chi connectivity index (χ4v) is 3.31. The highest BCUT2D eigenvalue weighted by Gasteiger charge is 2.27. The maximum atomic E-state index is 13.9. The quantitative estimate of drug-likeness (QED) is 0.860. The zero-order chi connectivity index (χ0) is 17.7. The molecular formula is C18H26F2N2O2. The molecule has 1 unspecified atom stereocenters. The molecule has 0 saturated heterocycles. The van der Waals surface area contributed by atoms with Crippen molar-refractivity contribution in [3.8, 4) is 0 Å². The molecule has 1 saturated carbocycles. The standard InChI is InChI=1S/C18H26F2N2O2/c1-3-17(15-10-13(19)6-9-16(15)20)21-18(24)22(2)14-7-4-12(11-23)5-8-14/h6,9-10,12,14,17,23H,3-5,7-8,11H2,1-2H3,(H,21,24). The average Bonchev–Trinajstić information content (AvgIpc) is 2.61. The van der Waals surface area contributed by atoms with E-state index in [2.05, 4.69) is 5.32 Å². The lowest BCUT2D eigenvalue weighted by Gasteiger charge is -2.35. The van der Waals surface area contributed by atoms with Crippen LogP contribution in [-0.4, -0.2) is 35.7 Å². The van der Waals surface area contributed by atoms with Gasteiger partial charge in [-0.2, -0.15) is 0 Å². The van der Waals surface area contributed by atoms with Crippen molar-refractivity contribution < 1.29 is 18.7 Å². The minimum atomic E-state index is -0.565. The first-order chi connectivity index (χ1) is 11.5. The maximum absolute atomic E-state index is 13.9. The van der Waals surface area contributed by atoms with Gasteiger partial charge in [0.1, 0.15) is 11.6 Å². The predicted molar refractivity (Wildman–Crippen MR) is 88.5 cm³/mol. The third kappa shape index (κ3) is 4.44. The Morgan fingerprint density at radius 1 is 1.33 bits per heavy atom. The number of hydrogen-bond donors (Lipinski definition) is 2. The Hall–Kier alpha value is -1.69. The molecule has 2 rings (SSSR count). The minimum absolute atomic E-state index is 0.114. The number of carbonyl (C=O) groups is 1. The lowest BCUT2D eigenvalue weighted by atomic mass is 9.86. The summed E-state index contributed by atoms with van der Waals surface area (Å²) in [5.41, 5.74) is 0.170. The Morgan fingerprint density at radius 3 is 2.58 bits per heavy atom. The summed E-state index contributed by atoms with van der Waals surface area (Å²) in [6.45, 7) is 2.02. The van der Waals surface area contributed by atoms with Gasteiger partial charge in [0.15, 0.2) is 0 Å². The number of aliphatic hydroxyl groups is 1. The van der Waals surface area contributed by atoms with E-state index in [4.69, 9.17) is 0 Å². The highest BCUT2D eigenvalue weighted by atomic mass is 19.1. The Bertz CT molecular complexity index is 560. The van der Waals surface area contributed by atoms with Crippen LogP contribution in [0.25, 0.3) is 0 Å². The van der Waals surface area contributed by atoms with Crippen LogP contribution in [0.2, 0.25) is 0 Å². The number of benzene rings is 1. The third-order valence-electron chi connectivity index (χ3n) is 4.98. The first-order valence-corrected chi connectivity index (χ1v) is 8.55. The summed E-state index contributed by atoms with van der Waals surface area (Å²) in [7, 11) is 1.73. The Labute approximate surface area is 141 Å². The lowest BCUT2D eigenvalue weighted by Crippen LogP contribution is -2.46. The van der Waals surface area contributed by atoms with Crippen molar-refractivity contribution in [1.82, 2.24) is 10.2 Å². The van der Waals surface area contributed by atoms with E-state index >= 15 is 0 Å². The summed E-state index contributed by atoms with van der Waals surface area (Å²) >= 11 is 0. The van der Waals surface area contributed by atoms with E-state index in [0.717, 1.165) is 43.9 Å². The van der Waals surface area contributed by atoms with Crippen LogP contribution in [0.15, 0.2) is 18.2 Å². The zero-order valence-corrected chi connectivity index (χ0v) is 14.3. The van der Waals surface area contributed by atoms with Crippen molar-refractivity contribution in [2.75, 3.05) is 13.7 Å². The van der Waals surface area contributed by atoms with Gasteiger partial charge in [0.2, 0.25) is 0 Å². The normalized spacial score (nSPS) is 22.0. The van der Waals surface area contributed by atoms with E-state index in [1.54, 1.807) is 11.9 Å². The fraction of sp³-hybridized carbons (Fsp3) is 0.611. The molecular weight excluding hydrogens is 314 g/mol. The van der Waals surface area contributed by atoms with Crippen molar-refractivity contribution in [2.45, 2.75) is 51.1 Å². The Balaban J connectivity index is 2.00. The van der Waals surface area contributed by atoms with E-state index in [-0.39, 0.29) is 24.2 Å². The molecule has 0 radical (unpaired) electrons. The van der Waals surface area contributed by atoms with Gasteiger partial charge in [-0.05, 0) is 56.2 Å². The number of rotatable bonds is 5. The SMILES string of the molecule is CCC(NC(=O)N(C)C1CCC(CO)CC1)c1cc(F)ccc1F. The molecule has 1 aromatic carbocycles.